The van der Waals surface area contributed by atoms with E-state index >= 15 is 0 Å². The summed E-state index contributed by atoms with van der Waals surface area (Å²) in [6, 6.07) is 11.9. The molecule has 26 heavy (non-hydrogen) atoms. The molecule has 2 atom stereocenters. The van der Waals surface area contributed by atoms with Crippen LogP contribution in [-0.4, -0.2) is 54.3 Å². The van der Waals surface area contributed by atoms with Crippen LogP contribution in [0.1, 0.15) is 12.1 Å². The first-order valence-corrected chi connectivity index (χ1v) is 8.76. The summed E-state index contributed by atoms with van der Waals surface area (Å²) in [4.78, 5) is 24.8. The van der Waals surface area contributed by atoms with Gasteiger partial charge in [-0.3, -0.25) is 4.79 Å². The topological polar surface area (TPSA) is 81.6 Å². The lowest BCUT2D eigenvalue weighted by molar-refractivity contribution is -0.122. The predicted octanol–water partition coefficient (Wildman–Crippen LogP) is 1.49. The third-order valence-corrected chi connectivity index (χ3v) is 4.73. The molecule has 0 bridgehead atoms. The average Bonchev–Trinajstić information content (AvgIpc) is 3.01. The molecule has 1 aromatic heterocycles. The number of carbonyl (C=O) groups excluding carboxylic acids is 1. The van der Waals surface area contributed by atoms with Crippen LogP contribution < -0.4 is 15.1 Å². The molecule has 0 unspecified atom stereocenters. The van der Waals surface area contributed by atoms with E-state index in [1.165, 1.54) is 0 Å². The second-order valence-electron chi connectivity index (χ2n) is 6.67. The number of nitrogens with one attached hydrogen (secondary N) is 1. The molecule has 7 nitrogen and oxygen atoms in total. The fourth-order valence-electron chi connectivity index (χ4n) is 3.19. The highest BCUT2D eigenvalue weighted by Gasteiger charge is 2.34. The van der Waals surface area contributed by atoms with Crippen molar-refractivity contribution in [2.24, 2.45) is 5.92 Å². The van der Waals surface area contributed by atoms with E-state index in [1.54, 1.807) is 7.05 Å². The van der Waals surface area contributed by atoms with Crippen LogP contribution in [0.4, 0.5) is 17.5 Å². The Labute approximate surface area is 153 Å². The number of anilines is 3. The molecular formula is C19H25N5O2. The molecule has 2 N–H and O–H groups in total. The van der Waals surface area contributed by atoms with Crippen molar-refractivity contribution in [3.63, 3.8) is 0 Å². The van der Waals surface area contributed by atoms with E-state index in [0.717, 1.165) is 17.2 Å². The van der Waals surface area contributed by atoms with Crippen molar-refractivity contribution in [1.82, 2.24) is 15.3 Å². The summed E-state index contributed by atoms with van der Waals surface area (Å²) in [5.74, 6) is 1.20. The standard InChI is InChI=1S/C19H25N5O2/c1-13-9-17(23(3)15-7-5-4-6-8-15)22-19(21-13)24-11-14(16(25)12-24)10-18(26)20-2/h4-9,14,16,25H,10-12H2,1-3H3,(H,20,26)/t14-,16-/m1/s1. The summed E-state index contributed by atoms with van der Waals surface area (Å²) in [5, 5.41) is 12.9. The number of nitrogens with zero attached hydrogens (tertiary/aromatic N) is 4. The van der Waals surface area contributed by atoms with Gasteiger partial charge in [-0.25, -0.2) is 4.98 Å². The lowest BCUT2D eigenvalue weighted by Gasteiger charge is -2.22. The molecule has 7 heteroatoms. The fraction of sp³-hybridized carbons (Fsp3) is 0.421. The molecule has 1 aliphatic rings. The van der Waals surface area contributed by atoms with Crippen LogP contribution in [0.2, 0.25) is 0 Å². The molecule has 1 fully saturated rings. The molecule has 1 aliphatic heterocycles. The summed E-state index contributed by atoms with van der Waals surface area (Å²) >= 11 is 0. The molecule has 1 saturated heterocycles. The zero-order chi connectivity index (χ0) is 18.7. The van der Waals surface area contributed by atoms with Gasteiger partial charge in [0.15, 0.2) is 0 Å². The maximum Gasteiger partial charge on any atom is 0.227 e. The molecule has 0 saturated carbocycles. The minimum absolute atomic E-state index is 0.0643. The number of aliphatic hydroxyl groups excluding tert-OH is 1. The number of benzene rings is 1. The van der Waals surface area contributed by atoms with Gasteiger partial charge in [-0.05, 0) is 19.1 Å². The van der Waals surface area contributed by atoms with Crippen molar-refractivity contribution in [3.05, 3.63) is 42.1 Å². The third kappa shape index (κ3) is 3.94. The Morgan fingerprint density at radius 2 is 2.04 bits per heavy atom. The number of para-hydroxylation sites is 1. The van der Waals surface area contributed by atoms with Crippen molar-refractivity contribution < 1.29 is 9.90 Å². The van der Waals surface area contributed by atoms with Gasteiger partial charge in [-0.1, -0.05) is 18.2 Å². The van der Waals surface area contributed by atoms with Gasteiger partial charge in [-0.15, -0.1) is 0 Å². The van der Waals surface area contributed by atoms with Gasteiger partial charge in [0.1, 0.15) is 5.82 Å². The summed E-state index contributed by atoms with van der Waals surface area (Å²) in [5.41, 5.74) is 1.90. The Bertz CT molecular complexity index is 768. The van der Waals surface area contributed by atoms with Gasteiger partial charge in [0.05, 0.1) is 6.10 Å². The van der Waals surface area contributed by atoms with E-state index in [0.29, 0.717) is 25.5 Å². The van der Waals surface area contributed by atoms with E-state index in [4.69, 9.17) is 0 Å². The third-order valence-electron chi connectivity index (χ3n) is 4.73. The summed E-state index contributed by atoms with van der Waals surface area (Å²) < 4.78 is 0. The van der Waals surface area contributed by atoms with Gasteiger partial charge in [0, 0.05) is 57.0 Å². The first-order chi connectivity index (χ1) is 12.5. The maximum absolute atomic E-state index is 11.6. The largest absolute Gasteiger partial charge is 0.391 e. The van der Waals surface area contributed by atoms with Gasteiger partial charge >= 0.3 is 0 Å². The van der Waals surface area contributed by atoms with Crippen LogP contribution >= 0.6 is 0 Å². The number of amides is 1. The normalized spacial score (nSPS) is 19.5. The fourth-order valence-corrected chi connectivity index (χ4v) is 3.19. The second kappa shape index (κ2) is 7.70. The second-order valence-corrected chi connectivity index (χ2v) is 6.67. The van der Waals surface area contributed by atoms with Crippen LogP contribution in [0.15, 0.2) is 36.4 Å². The number of hydrogen-bond acceptors (Lipinski definition) is 6. The first kappa shape index (κ1) is 18.1. The Morgan fingerprint density at radius 3 is 2.73 bits per heavy atom. The number of aliphatic hydroxyl groups is 1. The molecule has 2 aromatic rings. The van der Waals surface area contributed by atoms with E-state index in [9.17, 15) is 9.90 Å². The van der Waals surface area contributed by atoms with Crippen molar-refractivity contribution in [2.75, 3.05) is 37.0 Å². The minimum Gasteiger partial charge on any atom is -0.391 e. The zero-order valence-corrected chi connectivity index (χ0v) is 15.4. The van der Waals surface area contributed by atoms with Crippen molar-refractivity contribution in [3.8, 4) is 0 Å². The van der Waals surface area contributed by atoms with E-state index in [-0.39, 0.29) is 11.8 Å². The monoisotopic (exact) mass is 355 g/mol. The quantitative estimate of drug-likeness (QED) is 0.846. The SMILES string of the molecule is CNC(=O)C[C@@H]1CN(c2nc(C)cc(N(C)c3ccccc3)n2)C[C@H]1O. The van der Waals surface area contributed by atoms with Crippen LogP contribution in [0.3, 0.4) is 0 Å². The van der Waals surface area contributed by atoms with Gasteiger partial charge in [-0.2, -0.15) is 4.98 Å². The Hall–Kier alpha value is -2.67. The van der Waals surface area contributed by atoms with Crippen LogP contribution in [0.25, 0.3) is 0 Å². The minimum atomic E-state index is -0.563. The highest BCUT2D eigenvalue weighted by Crippen LogP contribution is 2.27. The zero-order valence-electron chi connectivity index (χ0n) is 15.4. The molecule has 0 spiro atoms. The smallest absolute Gasteiger partial charge is 0.227 e. The lowest BCUT2D eigenvalue weighted by atomic mass is 10.0. The number of aromatic nitrogens is 2. The Morgan fingerprint density at radius 1 is 1.31 bits per heavy atom. The predicted molar refractivity (Wildman–Crippen MR) is 102 cm³/mol. The van der Waals surface area contributed by atoms with Crippen LogP contribution in [0.5, 0.6) is 0 Å². The van der Waals surface area contributed by atoms with E-state index in [1.807, 2.05) is 60.2 Å². The molecule has 2 heterocycles. The maximum atomic E-state index is 11.6. The summed E-state index contributed by atoms with van der Waals surface area (Å²) in [6.45, 7) is 2.92. The Kier molecular flexibility index (Phi) is 5.37. The van der Waals surface area contributed by atoms with E-state index < -0.39 is 6.10 Å². The highest BCUT2D eigenvalue weighted by molar-refractivity contribution is 5.76. The van der Waals surface area contributed by atoms with Crippen LogP contribution in [0, 0.1) is 12.8 Å². The molecule has 138 valence electrons. The average molecular weight is 355 g/mol. The van der Waals surface area contributed by atoms with E-state index in [2.05, 4.69) is 15.3 Å². The summed E-state index contributed by atoms with van der Waals surface area (Å²) in [6.07, 6.45) is -0.261. The molecule has 0 radical (unpaired) electrons. The molecule has 1 amide bonds. The highest BCUT2D eigenvalue weighted by atomic mass is 16.3. The molecule has 1 aromatic carbocycles. The number of hydrogen-bond donors (Lipinski definition) is 2. The first-order valence-electron chi connectivity index (χ1n) is 8.76. The van der Waals surface area contributed by atoms with Crippen molar-refractivity contribution >= 4 is 23.4 Å². The van der Waals surface area contributed by atoms with Crippen molar-refractivity contribution in [1.29, 1.82) is 0 Å². The number of aryl methyl sites for hydroxylation is 1. The number of rotatable bonds is 5. The van der Waals surface area contributed by atoms with Gasteiger partial charge in [0.25, 0.3) is 0 Å². The molecule has 3 rings (SSSR count). The van der Waals surface area contributed by atoms with Crippen LogP contribution in [-0.2, 0) is 4.79 Å². The number of carbonyl (C=O) groups is 1. The Balaban J connectivity index is 1.81. The molecule has 0 aliphatic carbocycles. The number of β-amino-alcohol motifs (C(OH)–C–C–N with tert-alkyl or cyclic N) is 1. The van der Waals surface area contributed by atoms with Crippen molar-refractivity contribution in [2.45, 2.75) is 19.4 Å². The lowest BCUT2D eigenvalue weighted by Crippen LogP contribution is -2.27. The molecular weight excluding hydrogens is 330 g/mol. The summed E-state index contributed by atoms with van der Waals surface area (Å²) in [7, 11) is 3.57. The van der Waals surface area contributed by atoms with Gasteiger partial charge < -0.3 is 20.2 Å². The van der Waals surface area contributed by atoms with Gasteiger partial charge in [0.2, 0.25) is 11.9 Å².